The zero-order valence-corrected chi connectivity index (χ0v) is 26.7. The molecule has 0 saturated heterocycles. The maximum Gasteiger partial charge on any atom is 0.264 e. The van der Waals surface area contributed by atoms with Crippen molar-refractivity contribution in [3.63, 3.8) is 0 Å². The van der Waals surface area contributed by atoms with Crippen molar-refractivity contribution in [2.45, 2.75) is 43.7 Å². The normalized spacial score (nSPS) is 11.9. The van der Waals surface area contributed by atoms with Crippen molar-refractivity contribution in [1.82, 2.24) is 10.2 Å². The average molecular weight is 653 g/mol. The number of benzene rings is 4. The van der Waals surface area contributed by atoms with Gasteiger partial charge in [-0.1, -0.05) is 109 Å². The van der Waals surface area contributed by atoms with Crippen molar-refractivity contribution in [2.75, 3.05) is 17.4 Å². The van der Waals surface area contributed by atoms with E-state index in [2.05, 4.69) is 5.32 Å². The van der Waals surface area contributed by atoms with E-state index < -0.39 is 28.5 Å². The van der Waals surface area contributed by atoms with Crippen LogP contribution in [-0.4, -0.2) is 44.3 Å². The summed E-state index contributed by atoms with van der Waals surface area (Å²) in [5.74, 6) is -0.899. The van der Waals surface area contributed by atoms with Crippen LogP contribution in [0.2, 0.25) is 10.0 Å². The molecule has 7 nitrogen and oxygen atoms in total. The maximum absolute atomic E-state index is 14.4. The third-order valence-electron chi connectivity index (χ3n) is 7.11. The van der Waals surface area contributed by atoms with E-state index in [9.17, 15) is 18.0 Å². The summed E-state index contributed by atoms with van der Waals surface area (Å²) in [6.07, 6.45) is 1.88. The molecule has 4 rings (SSSR count). The summed E-state index contributed by atoms with van der Waals surface area (Å²) in [6, 6.07) is 29.8. The number of rotatable bonds is 14. The predicted molar refractivity (Wildman–Crippen MR) is 176 cm³/mol. The second-order valence-electron chi connectivity index (χ2n) is 10.3. The molecule has 4 aromatic rings. The maximum atomic E-state index is 14.4. The van der Waals surface area contributed by atoms with Crippen LogP contribution in [0, 0.1) is 0 Å². The van der Waals surface area contributed by atoms with Gasteiger partial charge >= 0.3 is 0 Å². The highest BCUT2D eigenvalue weighted by molar-refractivity contribution is 7.92. The predicted octanol–water partition coefficient (Wildman–Crippen LogP) is 6.75. The number of unbranched alkanes of at least 4 members (excludes halogenated alkanes) is 1. The number of anilines is 1. The molecule has 1 unspecified atom stereocenters. The molecule has 0 bridgehead atoms. The number of carbonyl (C=O) groups is 2. The lowest BCUT2D eigenvalue weighted by molar-refractivity contribution is -0.140. The van der Waals surface area contributed by atoms with Crippen LogP contribution in [0.1, 0.15) is 30.9 Å². The quantitative estimate of drug-likeness (QED) is 0.153. The van der Waals surface area contributed by atoms with Gasteiger partial charge in [-0.3, -0.25) is 13.9 Å². The van der Waals surface area contributed by atoms with Gasteiger partial charge in [0.05, 0.1) is 10.6 Å². The minimum absolute atomic E-state index is 0.0401. The van der Waals surface area contributed by atoms with Gasteiger partial charge in [0, 0.05) is 29.6 Å². The van der Waals surface area contributed by atoms with Crippen molar-refractivity contribution in [3.8, 4) is 0 Å². The molecule has 44 heavy (non-hydrogen) atoms. The van der Waals surface area contributed by atoms with Crippen LogP contribution in [0.25, 0.3) is 0 Å². The first-order valence-electron chi connectivity index (χ1n) is 14.4. The molecular weight excluding hydrogens is 617 g/mol. The first kappa shape index (κ1) is 33.1. The van der Waals surface area contributed by atoms with E-state index in [-0.39, 0.29) is 23.8 Å². The fraction of sp³-hybridized carbons (Fsp3) is 0.235. The van der Waals surface area contributed by atoms with E-state index in [0.717, 1.165) is 22.7 Å². The first-order chi connectivity index (χ1) is 21.2. The number of amides is 2. The Bertz CT molecular complexity index is 1640. The number of hydrogen-bond donors (Lipinski definition) is 1. The van der Waals surface area contributed by atoms with Gasteiger partial charge in [-0.25, -0.2) is 8.42 Å². The van der Waals surface area contributed by atoms with Gasteiger partial charge < -0.3 is 10.2 Å². The van der Waals surface area contributed by atoms with Crippen molar-refractivity contribution in [2.24, 2.45) is 0 Å². The number of para-hydroxylation sites is 1. The number of carbonyl (C=O) groups excluding carboxylic acids is 2. The SMILES string of the molecule is CCCCNC(=O)C(Cc1ccccc1)N(Cc1ccc(Cl)cc1Cl)C(=O)CN(c1ccccc1)S(=O)(=O)c1ccccc1. The topological polar surface area (TPSA) is 86.8 Å². The Morgan fingerprint density at radius 2 is 1.45 bits per heavy atom. The van der Waals surface area contributed by atoms with Crippen molar-refractivity contribution >= 4 is 50.7 Å². The molecule has 0 aliphatic heterocycles. The third kappa shape index (κ3) is 8.62. The van der Waals surface area contributed by atoms with Crippen LogP contribution in [-0.2, 0) is 32.6 Å². The highest BCUT2D eigenvalue weighted by atomic mass is 35.5. The second-order valence-corrected chi connectivity index (χ2v) is 13.0. The van der Waals surface area contributed by atoms with Crippen LogP contribution < -0.4 is 9.62 Å². The molecule has 1 atom stereocenters. The summed E-state index contributed by atoms with van der Waals surface area (Å²) >= 11 is 12.7. The first-order valence-corrected chi connectivity index (χ1v) is 16.6. The number of sulfonamides is 1. The number of nitrogens with zero attached hydrogens (tertiary/aromatic N) is 2. The van der Waals surface area contributed by atoms with Gasteiger partial charge in [-0.15, -0.1) is 0 Å². The minimum atomic E-state index is -4.15. The zero-order valence-electron chi connectivity index (χ0n) is 24.4. The zero-order chi connectivity index (χ0) is 31.5. The van der Waals surface area contributed by atoms with E-state index in [1.54, 1.807) is 66.7 Å². The Labute approximate surface area is 269 Å². The molecule has 1 N–H and O–H groups in total. The molecule has 2 amide bonds. The van der Waals surface area contributed by atoms with Gasteiger partial charge in [-0.2, -0.15) is 0 Å². The molecule has 0 heterocycles. The van der Waals surface area contributed by atoms with Crippen molar-refractivity contribution in [1.29, 1.82) is 0 Å². The monoisotopic (exact) mass is 651 g/mol. The highest BCUT2D eigenvalue weighted by Crippen LogP contribution is 2.27. The number of nitrogens with one attached hydrogen (secondary N) is 1. The van der Waals surface area contributed by atoms with Gasteiger partial charge in [-0.05, 0) is 53.9 Å². The molecule has 230 valence electrons. The summed E-state index contributed by atoms with van der Waals surface area (Å²) in [6.45, 7) is 1.89. The molecule has 0 spiro atoms. The molecular formula is C34H35Cl2N3O4S. The Kier molecular flexibility index (Phi) is 11.8. The Hall–Kier alpha value is -3.85. The van der Waals surface area contributed by atoms with E-state index in [1.807, 2.05) is 37.3 Å². The lowest BCUT2D eigenvalue weighted by Crippen LogP contribution is -2.53. The van der Waals surface area contributed by atoms with E-state index in [1.165, 1.54) is 17.0 Å². The standard InChI is InChI=1S/C34H35Cl2N3O4S/c1-2-3-21-37-34(41)32(22-26-13-7-4-8-14-26)38(24-27-19-20-28(35)23-31(27)36)33(40)25-39(29-15-9-5-10-16-29)44(42,43)30-17-11-6-12-18-30/h4-20,23,32H,2-3,21-22,24-25H2,1H3,(H,37,41). The Morgan fingerprint density at radius 1 is 0.841 bits per heavy atom. The molecule has 0 aromatic heterocycles. The van der Waals surface area contributed by atoms with Crippen LogP contribution >= 0.6 is 23.2 Å². The van der Waals surface area contributed by atoms with Gasteiger partial charge in [0.1, 0.15) is 12.6 Å². The minimum Gasteiger partial charge on any atom is -0.354 e. The largest absolute Gasteiger partial charge is 0.354 e. The molecule has 0 saturated carbocycles. The lowest BCUT2D eigenvalue weighted by Gasteiger charge is -2.34. The smallest absolute Gasteiger partial charge is 0.264 e. The van der Waals surface area contributed by atoms with Gasteiger partial charge in [0.25, 0.3) is 10.0 Å². The molecule has 10 heteroatoms. The second kappa shape index (κ2) is 15.7. The van der Waals surface area contributed by atoms with Crippen LogP contribution in [0.4, 0.5) is 5.69 Å². The van der Waals surface area contributed by atoms with Crippen molar-refractivity contribution in [3.05, 3.63) is 130 Å². The van der Waals surface area contributed by atoms with Crippen molar-refractivity contribution < 1.29 is 18.0 Å². The summed E-state index contributed by atoms with van der Waals surface area (Å²) < 4.78 is 29.0. The highest BCUT2D eigenvalue weighted by Gasteiger charge is 2.34. The van der Waals surface area contributed by atoms with Crippen LogP contribution in [0.3, 0.4) is 0 Å². The lowest BCUT2D eigenvalue weighted by atomic mass is 10.0. The molecule has 4 aromatic carbocycles. The molecule has 0 aliphatic carbocycles. The summed E-state index contributed by atoms with van der Waals surface area (Å²) in [4.78, 5) is 29.7. The number of halogens is 2. The summed E-state index contributed by atoms with van der Waals surface area (Å²) in [7, 11) is -4.15. The fourth-order valence-electron chi connectivity index (χ4n) is 4.74. The number of hydrogen-bond acceptors (Lipinski definition) is 4. The average Bonchev–Trinajstić information content (AvgIpc) is 3.03. The van der Waals surface area contributed by atoms with Gasteiger partial charge in [0.15, 0.2) is 0 Å². The Balaban J connectivity index is 1.78. The molecule has 0 fully saturated rings. The van der Waals surface area contributed by atoms with Crippen LogP contribution in [0.15, 0.2) is 114 Å². The van der Waals surface area contributed by atoms with E-state index in [0.29, 0.717) is 27.8 Å². The summed E-state index contributed by atoms with van der Waals surface area (Å²) in [5, 5.41) is 3.73. The molecule has 0 aliphatic rings. The van der Waals surface area contributed by atoms with E-state index >= 15 is 0 Å². The third-order valence-corrected chi connectivity index (χ3v) is 9.49. The van der Waals surface area contributed by atoms with Crippen LogP contribution in [0.5, 0.6) is 0 Å². The van der Waals surface area contributed by atoms with Gasteiger partial charge in [0.2, 0.25) is 11.8 Å². The summed E-state index contributed by atoms with van der Waals surface area (Å²) in [5.41, 5.74) is 1.74. The van der Waals surface area contributed by atoms with E-state index in [4.69, 9.17) is 23.2 Å². The fourth-order valence-corrected chi connectivity index (χ4v) is 6.64. The Morgan fingerprint density at radius 3 is 2.07 bits per heavy atom. The molecule has 0 radical (unpaired) electrons.